The Hall–Kier alpha value is -4.55. The molecule has 5 aromatic rings. The van der Waals surface area contributed by atoms with Crippen LogP contribution in [0.4, 0.5) is 10.5 Å². The second kappa shape index (κ2) is 10.8. The third-order valence-corrected chi connectivity index (χ3v) is 6.72. The number of aliphatic carboxylic acids is 1. The summed E-state index contributed by atoms with van der Waals surface area (Å²) in [4.78, 5) is 27.3. The molecule has 1 heterocycles. The van der Waals surface area contributed by atoms with Crippen LogP contribution < -0.4 is 5.32 Å². The van der Waals surface area contributed by atoms with Crippen LogP contribution in [-0.2, 0) is 16.0 Å². The number of carboxylic acids is 1. The van der Waals surface area contributed by atoms with Gasteiger partial charge in [-0.1, -0.05) is 96.5 Å². The van der Waals surface area contributed by atoms with Crippen molar-refractivity contribution in [1.82, 2.24) is 4.98 Å². The number of ether oxygens (including phenoxy) is 1. The topological polar surface area (TPSA) is 91.4 Å². The summed E-state index contributed by atoms with van der Waals surface area (Å²) < 4.78 is 5.66. The highest BCUT2D eigenvalue weighted by Crippen LogP contribution is 2.36. The summed E-state index contributed by atoms with van der Waals surface area (Å²) in [5, 5.41) is 13.3. The van der Waals surface area contributed by atoms with Crippen molar-refractivity contribution in [2.45, 2.75) is 19.4 Å². The summed E-state index contributed by atoms with van der Waals surface area (Å²) in [5.74, 6) is -0.855. The van der Waals surface area contributed by atoms with Gasteiger partial charge in [-0.3, -0.25) is 10.1 Å². The maximum absolute atomic E-state index is 12.9. The van der Waals surface area contributed by atoms with Crippen LogP contribution >= 0.6 is 11.6 Å². The first-order valence-electron chi connectivity index (χ1n) is 12.1. The third-order valence-electron chi connectivity index (χ3n) is 6.38. The Morgan fingerprint density at radius 2 is 1.47 bits per heavy atom. The van der Waals surface area contributed by atoms with Gasteiger partial charge < -0.3 is 14.8 Å². The number of aromatic amines is 1. The van der Waals surface area contributed by atoms with Gasteiger partial charge in [0, 0.05) is 27.1 Å². The summed E-state index contributed by atoms with van der Waals surface area (Å²) in [5.41, 5.74) is 6.63. The van der Waals surface area contributed by atoms with Gasteiger partial charge in [0.25, 0.3) is 0 Å². The number of amides is 1. The molecule has 0 bridgehead atoms. The van der Waals surface area contributed by atoms with Crippen molar-refractivity contribution in [2.75, 3.05) is 5.32 Å². The molecule has 1 aromatic heterocycles. The highest BCUT2D eigenvalue weighted by atomic mass is 35.5. The largest absolute Gasteiger partial charge is 0.481 e. The third kappa shape index (κ3) is 5.41. The van der Waals surface area contributed by atoms with E-state index in [1.165, 1.54) is 0 Å². The first-order chi connectivity index (χ1) is 18.4. The maximum Gasteiger partial charge on any atom is 0.412 e. The Bertz CT molecular complexity index is 1610. The number of carbonyl (C=O) groups excluding carboxylic acids is 1. The van der Waals surface area contributed by atoms with E-state index in [0.717, 1.165) is 44.4 Å². The molecule has 190 valence electrons. The average Bonchev–Trinajstić information content (AvgIpc) is 3.27. The molecule has 1 atom stereocenters. The van der Waals surface area contributed by atoms with Gasteiger partial charge in [0.2, 0.25) is 0 Å². The van der Waals surface area contributed by atoms with Crippen molar-refractivity contribution >= 4 is 40.3 Å². The Balaban J connectivity index is 1.40. The fraction of sp³-hybridized carbons (Fsp3) is 0.0968. The van der Waals surface area contributed by atoms with Crippen LogP contribution in [0.15, 0.2) is 97.1 Å². The van der Waals surface area contributed by atoms with Crippen molar-refractivity contribution in [1.29, 1.82) is 0 Å². The number of aromatic nitrogens is 1. The van der Waals surface area contributed by atoms with E-state index in [4.69, 9.17) is 21.4 Å². The molecule has 3 N–H and O–H groups in total. The van der Waals surface area contributed by atoms with Gasteiger partial charge in [0.05, 0.1) is 17.8 Å². The van der Waals surface area contributed by atoms with Gasteiger partial charge in [0.15, 0.2) is 0 Å². The Morgan fingerprint density at radius 3 is 2.16 bits per heavy atom. The molecule has 6 nitrogen and oxygen atoms in total. The van der Waals surface area contributed by atoms with Gasteiger partial charge in [-0.2, -0.15) is 0 Å². The lowest BCUT2D eigenvalue weighted by Crippen LogP contribution is -2.16. The van der Waals surface area contributed by atoms with E-state index < -0.39 is 18.2 Å². The second-order valence-corrected chi connectivity index (χ2v) is 9.37. The predicted octanol–water partition coefficient (Wildman–Crippen LogP) is 8.09. The Morgan fingerprint density at radius 1 is 0.868 bits per heavy atom. The summed E-state index contributed by atoms with van der Waals surface area (Å²) in [6.07, 6.45) is -1.12. The molecule has 0 spiro atoms. The monoisotopic (exact) mass is 524 g/mol. The Kier molecular flexibility index (Phi) is 7.15. The molecule has 0 aliphatic heterocycles. The zero-order valence-electron chi connectivity index (χ0n) is 20.6. The molecule has 0 aliphatic carbocycles. The van der Waals surface area contributed by atoms with E-state index in [2.05, 4.69) is 10.3 Å². The molecule has 1 amide bonds. The first-order valence-corrected chi connectivity index (χ1v) is 12.5. The van der Waals surface area contributed by atoms with Crippen LogP contribution in [-0.4, -0.2) is 22.2 Å². The number of halogens is 1. The quantitative estimate of drug-likeness (QED) is 0.200. The van der Waals surface area contributed by atoms with Gasteiger partial charge in [-0.05, 0) is 35.7 Å². The van der Waals surface area contributed by atoms with Gasteiger partial charge in [-0.15, -0.1) is 0 Å². The minimum Gasteiger partial charge on any atom is -0.481 e. The molecule has 7 heteroatoms. The van der Waals surface area contributed by atoms with Crippen LogP contribution in [0.25, 0.3) is 33.3 Å². The summed E-state index contributed by atoms with van der Waals surface area (Å²) in [6.45, 7) is 1.78. The van der Waals surface area contributed by atoms with E-state index in [-0.39, 0.29) is 6.42 Å². The molecule has 0 unspecified atom stereocenters. The predicted molar refractivity (Wildman–Crippen MR) is 150 cm³/mol. The van der Waals surface area contributed by atoms with Gasteiger partial charge in [-0.25, -0.2) is 4.79 Å². The molecule has 0 aliphatic rings. The minimum atomic E-state index is -0.855. The molecule has 5 rings (SSSR count). The fourth-order valence-corrected chi connectivity index (χ4v) is 4.76. The van der Waals surface area contributed by atoms with Crippen LogP contribution in [0, 0.1) is 0 Å². The number of carbonyl (C=O) groups is 2. The number of anilines is 1. The van der Waals surface area contributed by atoms with Crippen LogP contribution in [0.1, 0.15) is 24.2 Å². The van der Waals surface area contributed by atoms with Crippen molar-refractivity contribution in [3.63, 3.8) is 0 Å². The first kappa shape index (κ1) is 25.1. The number of fused-ring (bicyclic) bond motifs is 1. The summed E-state index contributed by atoms with van der Waals surface area (Å²) in [7, 11) is 0. The SMILES string of the molecule is C[C@@H](OC(=O)Nc1c(-c2ccc(-c3ccc(CC(=O)O)cc3)cc2)[nH]c2ccccc12)c1ccccc1Cl. The molecule has 0 radical (unpaired) electrons. The van der Waals surface area contributed by atoms with E-state index in [1.54, 1.807) is 13.0 Å². The molecule has 4 aromatic carbocycles. The van der Waals surface area contributed by atoms with E-state index >= 15 is 0 Å². The van der Waals surface area contributed by atoms with Crippen LogP contribution in [0.5, 0.6) is 0 Å². The minimum absolute atomic E-state index is 0.00498. The zero-order valence-corrected chi connectivity index (χ0v) is 21.3. The molecule has 0 fully saturated rings. The zero-order chi connectivity index (χ0) is 26.6. The molecular formula is C31H25ClN2O4. The lowest BCUT2D eigenvalue weighted by atomic mass is 10.0. The number of carboxylic acid groups (broad SMARTS) is 1. The highest BCUT2D eigenvalue weighted by Gasteiger charge is 2.19. The lowest BCUT2D eigenvalue weighted by molar-refractivity contribution is -0.136. The lowest BCUT2D eigenvalue weighted by Gasteiger charge is -2.16. The molecular weight excluding hydrogens is 500 g/mol. The fourth-order valence-electron chi connectivity index (χ4n) is 4.47. The molecule has 0 saturated carbocycles. The van der Waals surface area contributed by atoms with Crippen molar-refractivity contribution in [2.24, 2.45) is 0 Å². The van der Waals surface area contributed by atoms with Gasteiger partial charge >= 0.3 is 12.1 Å². The number of hydrogen-bond donors (Lipinski definition) is 3. The number of nitrogens with one attached hydrogen (secondary N) is 2. The molecule has 0 saturated heterocycles. The number of para-hydroxylation sites is 1. The van der Waals surface area contributed by atoms with Crippen molar-refractivity contribution < 1.29 is 19.4 Å². The maximum atomic E-state index is 12.9. The Labute approximate surface area is 224 Å². The summed E-state index contributed by atoms with van der Waals surface area (Å²) >= 11 is 6.27. The van der Waals surface area contributed by atoms with E-state index in [9.17, 15) is 9.59 Å². The van der Waals surface area contributed by atoms with Crippen molar-refractivity contribution in [3.05, 3.63) is 113 Å². The second-order valence-electron chi connectivity index (χ2n) is 8.96. The number of hydrogen-bond acceptors (Lipinski definition) is 3. The normalized spacial score (nSPS) is 11.7. The van der Waals surface area contributed by atoms with Crippen LogP contribution in [0.3, 0.4) is 0 Å². The number of H-pyrrole nitrogens is 1. The standard InChI is InChI=1S/C31H25ClN2O4/c1-19(24-6-2-4-8-26(24)32)38-31(37)34-30-25-7-3-5-9-27(25)33-29(30)23-16-14-22(15-17-23)21-12-10-20(11-13-21)18-28(35)36/h2-17,19,33H,18H2,1H3,(H,34,37)(H,35,36)/t19-/m1/s1. The van der Waals surface area contributed by atoms with Crippen molar-refractivity contribution in [3.8, 4) is 22.4 Å². The average molecular weight is 525 g/mol. The van der Waals surface area contributed by atoms with E-state index in [0.29, 0.717) is 10.7 Å². The highest BCUT2D eigenvalue weighted by molar-refractivity contribution is 6.31. The van der Waals surface area contributed by atoms with Crippen LogP contribution in [0.2, 0.25) is 5.02 Å². The molecule has 38 heavy (non-hydrogen) atoms. The summed E-state index contributed by atoms with van der Waals surface area (Å²) in [6, 6.07) is 30.5. The number of rotatable bonds is 7. The smallest absolute Gasteiger partial charge is 0.412 e. The van der Waals surface area contributed by atoms with E-state index in [1.807, 2.05) is 91.0 Å². The number of benzene rings is 4. The van der Waals surface area contributed by atoms with Gasteiger partial charge in [0.1, 0.15) is 6.10 Å².